The predicted octanol–water partition coefficient (Wildman–Crippen LogP) is 0.675. The van der Waals surface area contributed by atoms with Crippen molar-refractivity contribution < 1.29 is 4.79 Å². The summed E-state index contributed by atoms with van der Waals surface area (Å²) in [5, 5.41) is 0. The maximum Gasteiger partial charge on any atom is 0.135 e. The van der Waals surface area contributed by atoms with Crippen LogP contribution in [0, 0.1) is 11.8 Å². The third-order valence-corrected chi connectivity index (χ3v) is 1.89. The normalized spacial score (nSPS) is 19.2. The SMILES string of the molecule is CC#CCN1CCC(=O)CC1. The van der Waals surface area contributed by atoms with E-state index in [-0.39, 0.29) is 0 Å². The van der Waals surface area contributed by atoms with E-state index in [1.54, 1.807) is 0 Å². The summed E-state index contributed by atoms with van der Waals surface area (Å²) in [7, 11) is 0. The fourth-order valence-electron chi connectivity index (χ4n) is 1.15. The number of hydrogen-bond donors (Lipinski definition) is 0. The summed E-state index contributed by atoms with van der Waals surface area (Å²) in [5.41, 5.74) is 0. The summed E-state index contributed by atoms with van der Waals surface area (Å²) >= 11 is 0. The van der Waals surface area contributed by atoms with Crippen LogP contribution in [0.3, 0.4) is 0 Å². The van der Waals surface area contributed by atoms with Crippen molar-refractivity contribution in [1.82, 2.24) is 4.90 Å². The van der Waals surface area contributed by atoms with Gasteiger partial charge in [0.05, 0.1) is 6.54 Å². The van der Waals surface area contributed by atoms with E-state index in [1.165, 1.54) is 0 Å². The molecule has 1 aliphatic heterocycles. The molecule has 1 rings (SSSR count). The van der Waals surface area contributed by atoms with Gasteiger partial charge >= 0.3 is 0 Å². The van der Waals surface area contributed by atoms with Crippen LogP contribution >= 0.6 is 0 Å². The molecule has 60 valence electrons. The largest absolute Gasteiger partial charge is 0.300 e. The smallest absolute Gasteiger partial charge is 0.135 e. The third kappa shape index (κ3) is 2.73. The molecule has 2 heteroatoms. The van der Waals surface area contributed by atoms with E-state index >= 15 is 0 Å². The van der Waals surface area contributed by atoms with Crippen molar-refractivity contribution in [2.24, 2.45) is 0 Å². The molecule has 0 radical (unpaired) electrons. The van der Waals surface area contributed by atoms with Gasteiger partial charge in [-0.2, -0.15) is 0 Å². The fourth-order valence-corrected chi connectivity index (χ4v) is 1.15. The molecule has 0 atom stereocenters. The molecule has 0 aromatic heterocycles. The quantitative estimate of drug-likeness (QED) is 0.513. The van der Waals surface area contributed by atoms with Gasteiger partial charge in [-0.3, -0.25) is 9.69 Å². The highest BCUT2D eigenvalue weighted by molar-refractivity contribution is 5.79. The summed E-state index contributed by atoms with van der Waals surface area (Å²) in [4.78, 5) is 13.0. The van der Waals surface area contributed by atoms with Crippen LogP contribution in [-0.2, 0) is 4.79 Å². The Balaban J connectivity index is 2.26. The zero-order chi connectivity index (χ0) is 8.10. The van der Waals surface area contributed by atoms with Gasteiger partial charge in [0.2, 0.25) is 0 Å². The average molecular weight is 151 g/mol. The Morgan fingerprint density at radius 3 is 2.64 bits per heavy atom. The van der Waals surface area contributed by atoms with Crippen LogP contribution in [0.4, 0.5) is 0 Å². The zero-order valence-electron chi connectivity index (χ0n) is 6.89. The number of carbonyl (C=O) groups is 1. The molecule has 0 saturated carbocycles. The first kappa shape index (κ1) is 8.29. The van der Waals surface area contributed by atoms with E-state index in [0.29, 0.717) is 18.6 Å². The van der Waals surface area contributed by atoms with Gasteiger partial charge < -0.3 is 0 Å². The van der Waals surface area contributed by atoms with Gasteiger partial charge in [0, 0.05) is 25.9 Å². The third-order valence-electron chi connectivity index (χ3n) is 1.89. The zero-order valence-corrected chi connectivity index (χ0v) is 6.89. The van der Waals surface area contributed by atoms with Crippen molar-refractivity contribution in [2.45, 2.75) is 19.8 Å². The molecule has 1 saturated heterocycles. The lowest BCUT2D eigenvalue weighted by atomic mass is 10.1. The lowest BCUT2D eigenvalue weighted by Crippen LogP contribution is -2.33. The number of nitrogens with zero attached hydrogens (tertiary/aromatic N) is 1. The summed E-state index contributed by atoms with van der Waals surface area (Å²) in [5.74, 6) is 6.24. The summed E-state index contributed by atoms with van der Waals surface area (Å²) < 4.78 is 0. The fraction of sp³-hybridized carbons (Fsp3) is 0.667. The number of rotatable bonds is 1. The predicted molar refractivity (Wildman–Crippen MR) is 44.1 cm³/mol. The van der Waals surface area contributed by atoms with Crippen LogP contribution in [0.2, 0.25) is 0 Å². The van der Waals surface area contributed by atoms with E-state index in [0.717, 1.165) is 19.6 Å². The van der Waals surface area contributed by atoms with Gasteiger partial charge in [0.1, 0.15) is 5.78 Å². The van der Waals surface area contributed by atoms with Crippen LogP contribution in [0.1, 0.15) is 19.8 Å². The Kier molecular flexibility index (Phi) is 3.13. The molecule has 0 bridgehead atoms. The minimum absolute atomic E-state index is 0.394. The molecule has 2 nitrogen and oxygen atoms in total. The molecule has 11 heavy (non-hydrogen) atoms. The van der Waals surface area contributed by atoms with Crippen molar-refractivity contribution in [1.29, 1.82) is 0 Å². The summed E-state index contributed by atoms with van der Waals surface area (Å²) in [6.07, 6.45) is 1.43. The topological polar surface area (TPSA) is 20.3 Å². The molecule has 1 aliphatic rings. The Bertz CT molecular complexity index is 189. The number of piperidine rings is 1. The van der Waals surface area contributed by atoms with Crippen molar-refractivity contribution >= 4 is 5.78 Å². The van der Waals surface area contributed by atoms with Crippen molar-refractivity contribution in [3.8, 4) is 11.8 Å². The van der Waals surface area contributed by atoms with Crippen LogP contribution in [-0.4, -0.2) is 30.3 Å². The van der Waals surface area contributed by atoms with Gasteiger partial charge in [-0.25, -0.2) is 0 Å². The molecule has 0 N–H and O–H groups in total. The molecule has 1 fully saturated rings. The average Bonchev–Trinajstić information content (AvgIpc) is 2.04. The monoisotopic (exact) mass is 151 g/mol. The number of hydrogen-bond acceptors (Lipinski definition) is 2. The molecule has 0 aromatic carbocycles. The molecular weight excluding hydrogens is 138 g/mol. The minimum Gasteiger partial charge on any atom is -0.300 e. The Morgan fingerprint density at radius 2 is 2.09 bits per heavy atom. The van der Waals surface area contributed by atoms with E-state index in [1.807, 2.05) is 6.92 Å². The molecule has 0 spiro atoms. The number of Topliss-reactive ketones (excluding diaryl/α,β-unsaturated/α-hetero) is 1. The van der Waals surface area contributed by atoms with E-state index in [4.69, 9.17) is 0 Å². The second-order valence-electron chi connectivity index (χ2n) is 2.74. The van der Waals surface area contributed by atoms with Crippen LogP contribution < -0.4 is 0 Å². The lowest BCUT2D eigenvalue weighted by molar-refractivity contribution is -0.121. The first-order chi connectivity index (χ1) is 5.33. The molecular formula is C9H13NO. The van der Waals surface area contributed by atoms with E-state index in [2.05, 4.69) is 16.7 Å². The second kappa shape index (κ2) is 4.15. The highest BCUT2D eigenvalue weighted by atomic mass is 16.1. The Labute approximate surface area is 67.6 Å². The van der Waals surface area contributed by atoms with Crippen LogP contribution in [0.25, 0.3) is 0 Å². The Hall–Kier alpha value is -0.810. The number of likely N-dealkylation sites (tertiary alicyclic amines) is 1. The van der Waals surface area contributed by atoms with Crippen LogP contribution in [0.15, 0.2) is 0 Å². The Morgan fingerprint density at radius 1 is 1.45 bits per heavy atom. The molecule has 0 aromatic rings. The van der Waals surface area contributed by atoms with Gasteiger partial charge in [-0.1, -0.05) is 5.92 Å². The molecule has 0 unspecified atom stereocenters. The second-order valence-corrected chi connectivity index (χ2v) is 2.74. The van der Waals surface area contributed by atoms with Gasteiger partial charge in [-0.15, -0.1) is 5.92 Å². The minimum atomic E-state index is 0.394. The highest BCUT2D eigenvalue weighted by Crippen LogP contribution is 2.03. The summed E-state index contributed by atoms with van der Waals surface area (Å²) in [6, 6.07) is 0. The van der Waals surface area contributed by atoms with E-state index < -0.39 is 0 Å². The maximum atomic E-state index is 10.8. The number of ketones is 1. The molecule has 0 amide bonds. The van der Waals surface area contributed by atoms with Crippen molar-refractivity contribution in [3.05, 3.63) is 0 Å². The van der Waals surface area contributed by atoms with Crippen molar-refractivity contribution in [2.75, 3.05) is 19.6 Å². The molecule has 0 aliphatic carbocycles. The van der Waals surface area contributed by atoms with E-state index in [9.17, 15) is 4.79 Å². The summed E-state index contributed by atoms with van der Waals surface area (Å²) in [6.45, 7) is 4.46. The highest BCUT2D eigenvalue weighted by Gasteiger charge is 2.14. The van der Waals surface area contributed by atoms with Crippen LogP contribution in [0.5, 0.6) is 0 Å². The first-order valence-electron chi connectivity index (χ1n) is 3.96. The van der Waals surface area contributed by atoms with Crippen molar-refractivity contribution in [3.63, 3.8) is 0 Å². The number of carbonyl (C=O) groups excluding carboxylic acids is 1. The first-order valence-corrected chi connectivity index (χ1v) is 3.96. The maximum absolute atomic E-state index is 10.8. The van der Waals surface area contributed by atoms with Gasteiger partial charge in [-0.05, 0) is 6.92 Å². The standard InChI is InChI=1S/C9H13NO/c1-2-3-6-10-7-4-9(11)5-8-10/h4-8H2,1H3. The lowest BCUT2D eigenvalue weighted by Gasteiger charge is -2.23. The molecule has 1 heterocycles. The van der Waals surface area contributed by atoms with Gasteiger partial charge in [0.25, 0.3) is 0 Å². The van der Waals surface area contributed by atoms with Gasteiger partial charge in [0.15, 0.2) is 0 Å².